The summed E-state index contributed by atoms with van der Waals surface area (Å²) in [7, 11) is 1.58. The van der Waals surface area contributed by atoms with Crippen molar-refractivity contribution >= 4 is 5.91 Å². The first-order chi connectivity index (χ1) is 9.40. The van der Waals surface area contributed by atoms with Crippen LogP contribution in [0.2, 0.25) is 0 Å². The molecule has 0 radical (unpaired) electrons. The molecule has 2 N–H and O–H groups in total. The Kier molecular flexibility index (Phi) is 6.17. The van der Waals surface area contributed by atoms with Crippen molar-refractivity contribution in [3.63, 3.8) is 0 Å². The van der Waals surface area contributed by atoms with Crippen LogP contribution in [0.15, 0.2) is 24.3 Å². The topological polar surface area (TPSA) is 58.6 Å². The Morgan fingerprint density at radius 1 is 1.35 bits per heavy atom. The lowest BCUT2D eigenvalue weighted by atomic mass is 9.83. The largest absolute Gasteiger partial charge is 0.396 e. The summed E-state index contributed by atoms with van der Waals surface area (Å²) in [6.07, 6.45) is 0.483. The van der Waals surface area contributed by atoms with Crippen LogP contribution < -0.4 is 5.32 Å². The Bertz CT molecular complexity index is 432. The molecule has 1 atom stereocenters. The van der Waals surface area contributed by atoms with E-state index in [-0.39, 0.29) is 24.0 Å². The van der Waals surface area contributed by atoms with E-state index in [1.54, 1.807) is 7.11 Å². The number of aliphatic hydroxyl groups excluding tert-OH is 1. The Morgan fingerprint density at radius 2 is 2.00 bits per heavy atom. The molecule has 1 aromatic rings. The molecule has 0 aliphatic carbocycles. The second-order valence-corrected chi connectivity index (χ2v) is 5.93. The maximum absolute atomic E-state index is 12.4. The van der Waals surface area contributed by atoms with Crippen molar-refractivity contribution in [3.05, 3.63) is 35.4 Å². The summed E-state index contributed by atoms with van der Waals surface area (Å²) < 4.78 is 5.06. The normalized spacial score (nSPS) is 13.1. The molecule has 0 bridgehead atoms. The van der Waals surface area contributed by atoms with Gasteiger partial charge in [0.1, 0.15) is 0 Å². The maximum Gasteiger partial charge on any atom is 0.251 e. The van der Waals surface area contributed by atoms with Gasteiger partial charge in [-0.25, -0.2) is 0 Å². The summed E-state index contributed by atoms with van der Waals surface area (Å²) in [5.41, 5.74) is 1.60. The second-order valence-electron chi connectivity index (χ2n) is 5.93. The van der Waals surface area contributed by atoms with Gasteiger partial charge in [-0.05, 0) is 23.5 Å². The van der Waals surface area contributed by atoms with Crippen LogP contribution in [-0.2, 0) is 10.2 Å². The fourth-order valence-corrected chi connectivity index (χ4v) is 2.15. The summed E-state index contributed by atoms with van der Waals surface area (Å²) in [6, 6.07) is 7.44. The molecule has 20 heavy (non-hydrogen) atoms. The third-order valence-corrected chi connectivity index (χ3v) is 3.16. The van der Waals surface area contributed by atoms with E-state index in [0.29, 0.717) is 18.6 Å². The van der Waals surface area contributed by atoms with Crippen molar-refractivity contribution in [2.24, 2.45) is 0 Å². The number of carbonyl (C=O) groups excluding carboxylic acids is 1. The van der Waals surface area contributed by atoms with Crippen molar-refractivity contribution in [1.29, 1.82) is 0 Å². The van der Waals surface area contributed by atoms with Crippen molar-refractivity contribution in [2.75, 3.05) is 20.3 Å². The third kappa shape index (κ3) is 4.62. The first-order valence-electron chi connectivity index (χ1n) is 6.90. The number of hydrogen-bond acceptors (Lipinski definition) is 3. The number of rotatable bonds is 6. The van der Waals surface area contributed by atoms with Gasteiger partial charge in [0, 0.05) is 19.3 Å². The first-order valence-corrected chi connectivity index (χ1v) is 6.90. The minimum Gasteiger partial charge on any atom is -0.396 e. The zero-order valence-corrected chi connectivity index (χ0v) is 12.8. The van der Waals surface area contributed by atoms with Gasteiger partial charge < -0.3 is 15.2 Å². The highest BCUT2D eigenvalue weighted by Crippen LogP contribution is 2.25. The lowest BCUT2D eigenvalue weighted by Gasteiger charge is -2.24. The highest BCUT2D eigenvalue weighted by Gasteiger charge is 2.22. The van der Waals surface area contributed by atoms with Gasteiger partial charge in [0.2, 0.25) is 0 Å². The molecule has 0 heterocycles. The zero-order valence-electron chi connectivity index (χ0n) is 12.8. The fourth-order valence-electron chi connectivity index (χ4n) is 2.15. The molecular formula is C16H25NO3. The molecule has 0 aliphatic heterocycles. The van der Waals surface area contributed by atoms with Gasteiger partial charge >= 0.3 is 0 Å². The Hall–Kier alpha value is -1.39. The summed E-state index contributed by atoms with van der Waals surface area (Å²) >= 11 is 0. The molecular weight excluding hydrogens is 254 g/mol. The number of ether oxygens (including phenoxy) is 1. The van der Waals surface area contributed by atoms with Gasteiger partial charge in [0.25, 0.3) is 5.91 Å². The van der Waals surface area contributed by atoms with Crippen LogP contribution >= 0.6 is 0 Å². The average molecular weight is 279 g/mol. The fraction of sp³-hybridized carbons (Fsp3) is 0.562. The molecule has 4 heteroatoms. The summed E-state index contributed by atoms with van der Waals surface area (Å²) in [5.74, 6) is -0.119. The van der Waals surface area contributed by atoms with Gasteiger partial charge in [0.15, 0.2) is 0 Å². The van der Waals surface area contributed by atoms with Crippen LogP contribution in [0.5, 0.6) is 0 Å². The molecule has 0 saturated heterocycles. The van der Waals surface area contributed by atoms with Crippen LogP contribution in [0.25, 0.3) is 0 Å². The van der Waals surface area contributed by atoms with E-state index in [9.17, 15) is 4.79 Å². The number of hydrogen-bond donors (Lipinski definition) is 2. The van der Waals surface area contributed by atoms with Gasteiger partial charge in [-0.15, -0.1) is 0 Å². The van der Waals surface area contributed by atoms with Crippen LogP contribution in [0.1, 0.15) is 43.1 Å². The number of benzene rings is 1. The quantitative estimate of drug-likeness (QED) is 0.838. The van der Waals surface area contributed by atoms with E-state index in [2.05, 4.69) is 26.1 Å². The van der Waals surface area contributed by atoms with E-state index in [1.807, 2.05) is 24.3 Å². The molecule has 0 saturated carbocycles. The van der Waals surface area contributed by atoms with Crippen LogP contribution in [0, 0.1) is 0 Å². The van der Waals surface area contributed by atoms with Crippen LogP contribution in [0.4, 0.5) is 0 Å². The monoisotopic (exact) mass is 279 g/mol. The van der Waals surface area contributed by atoms with Gasteiger partial charge in [-0.2, -0.15) is 0 Å². The number of carbonyl (C=O) groups is 1. The number of amides is 1. The lowest BCUT2D eigenvalue weighted by molar-refractivity contribution is 0.0876. The third-order valence-electron chi connectivity index (χ3n) is 3.16. The number of nitrogens with one attached hydrogen (secondary N) is 1. The van der Waals surface area contributed by atoms with Crippen molar-refractivity contribution in [1.82, 2.24) is 5.32 Å². The molecule has 0 aromatic heterocycles. The van der Waals surface area contributed by atoms with E-state index in [4.69, 9.17) is 9.84 Å². The molecule has 112 valence electrons. The zero-order chi connectivity index (χ0) is 15.2. The molecule has 0 fully saturated rings. The van der Waals surface area contributed by atoms with E-state index < -0.39 is 0 Å². The van der Waals surface area contributed by atoms with E-state index in [1.165, 1.54) is 0 Å². The summed E-state index contributed by atoms with van der Waals surface area (Å²) in [4.78, 5) is 12.4. The Morgan fingerprint density at radius 3 is 2.55 bits per heavy atom. The average Bonchev–Trinajstić information content (AvgIpc) is 2.38. The second kappa shape index (κ2) is 7.41. The van der Waals surface area contributed by atoms with Crippen molar-refractivity contribution in [3.8, 4) is 0 Å². The van der Waals surface area contributed by atoms with Crippen LogP contribution in [0.3, 0.4) is 0 Å². The van der Waals surface area contributed by atoms with E-state index in [0.717, 1.165) is 5.56 Å². The molecule has 0 aliphatic rings. The van der Waals surface area contributed by atoms with Crippen molar-refractivity contribution in [2.45, 2.75) is 38.6 Å². The molecule has 1 aromatic carbocycles. The van der Waals surface area contributed by atoms with Crippen molar-refractivity contribution < 1.29 is 14.6 Å². The smallest absolute Gasteiger partial charge is 0.251 e. The number of aliphatic hydroxyl groups is 1. The molecule has 0 spiro atoms. The first kappa shape index (κ1) is 16.7. The minimum absolute atomic E-state index is 0.0230. The standard InChI is InChI=1S/C16H25NO3/c1-16(2,3)14-8-6-5-7-13(14)15(19)17-12(9-10-18)11-20-4/h5-8,12,18H,9-11H2,1-4H3,(H,17,19). The summed E-state index contributed by atoms with van der Waals surface area (Å²) in [6.45, 7) is 6.66. The highest BCUT2D eigenvalue weighted by molar-refractivity contribution is 5.96. The van der Waals surface area contributed by atoms with E-state index >= 15 is 0 Å². The maximum atomic E-state index is 12.4. The summed E-state index contributed by atoms with van der Waals surface area (Å²) in [5, 5.41) is 11.9. The van der Waals surface area contributed by atoms with Gasteiger partial charge in [0.05, 0.1) is 12.6 Å². The highest BCUT2D eigenvalue weighted by atomic mass is 16.5. The van der Waals surface area contributed by atoms with Gasteiger partial charge in [-0.1, -0.05) is 39.0 Å². The number of methoxy groups -OCH3 is 1. The minimum atomic E-state index is -0.175. The molecule has 1 rings (SSSR count). The Labute approximate surface area is 121 Å². The van der Waals surface area contributed by atoms with Gasteiger partial charge in [-0.3, -0.25) is 4.79 Å². The SMILES string of the molecule is COCC(CCO)NC(=O)c1ccccc1C(C)(C)C. The molecule has 4 nitrogen and oxygen atoms in total. The molecule has 1 amide bonds. The predicted octanol–water partition coefficient (Wildman–Crippen LogP) is 2.11. The Balaban J connectivity index is 2.92. The lowest BCUT2D eigenvalue weighted by Crippen LogP contribution is -2.39. The molecule has 1 unspecified atom stereocenters. The predicted molar refractivity (Wildman–Crippen MR) is 80.0 cm³/mol. The van der Waals surface area contributed by atoms with Crippen LogP contribution in [-0.4, -0.2) is 37.4 Å².